The number of rotatable bonds is 7. The second-order valence-electron chi connectivity index (χ2n) is 5.42. The lowest BCUT2D eigenvalue weighted by molar-refractivity contribution is -0.119. The molecule has 6 nitrogen and oxygen atoms in total. The van der Waals surface area contributed by atoms with E-state index in [2.05, 4.69) is 9.97 Å². The second-order valence-corrected chi connectivity index (χ2v) is 5.42. The van der Waals surface area contributed by atoms with E-state index in [1.807, 2.05) is 42.5 Å². The van der Waals surface area contributed by atoms with Gasteiger partial charge in [0, 0.05) is 6.42 Å². The number of hydrogen-bond acceptors (Lipinski definition) is 5. The SMILES string of the molecule is COc1ccccc1OCCC(=O)[C@@H](C#N)c1nc2ccccc2[nH]1. The fourth-order valence-electron chi connectivity index (χ4n) is 2.54. The van der Waals surface area contributed by atoms with Crippen LogP contribution in [-0.4, -0.2) is 29.5 Å². The quantitative estimate of drug-likeness (QED) is 0.716. The molecule has 0 aliphatic carbocycles. The van der Waals surface area contributed by atoms with Crippen molar-refractivity contribution in [3.63, 3.8) is 0 Å². The number of methoxy groups -OCH3 is 1. The summed E-state index contributed by atoms with van der Waals surface area (Å²) in [5.74, 6) is 0.357. The number of carbonyl (C=O) groups excluding carboxylic acids is 1. The van der Waals surface area contributed by atoms with Crippen LogP contribution >= 0.6 is 0 Å². The van der Waals surface area contributed by atoms with Gasteiger partial charge in [-0.05, 0) is 24.3 Å². The number of H-pyrrole nitrogens is 1. The number of aromatic amines is 1. The first-order chi connectivity index (χ1) is 12.2. The van der Waals surface area contributed by atoms with Gasteiger partial charge in [0.15, 0.2) is 23.2 Å². The number of benzene rings is 2. The van der Waals surface area contributed by atoms with Crippen LogP contribution in [0.3, 0.4) is 0 Å². The molecule has 0 bridgehead atoms. The largest absolute Gasteiger partial charge is 0.493 e. The van der Waals surface area contributed by atoms with Crippen LogP contribution in [0.1, 0.15) is 18.2 Å². The summed E-state index contributed by atoms with van der Waals surface area (Å²) in [6.07, 6.45) is 0.104. The second kappa shape index (κ2) is 7.49. The van der Waals surface area contributed by atoms with Crippen LogP contribution in [0.15, 0.2) is 48.5 Å². The highest BCUT2D eigenvalue weighted by Gasteiger charge is 2.23. The predicted octanol–water partition coefficient (Wildman–Crippen LogP) is 3.22. The van der Waals surface area contributed by atoms with E-state index in [9.17, 15) is 10.1 Å². The van der Waals surface area contributed by atoms with Crippen molar-refractivity contribution in [3.8, 4) is 17.6 Å². The first-order valence-corrected chi connectivity index (χ1v) is 7.85. The maximum atomic E-state index is 12.4. The van der Waals surface area contributed by atoms with E-state index < -0.39 is 5.92 Å². The lowest BCUT2D eigenvalue weighted by Crippen LogP contribution is -2.15. The highest BCUT2D eigenvalue weighted by Crippen LogP contribution is 2.26. The van der Waals surface area contributed by atoms with Gasteiger partial charge in [-0.25, -0.2) is 4.98 Å². The fourth-order valence-corrected chi connectivity index (χ4v) is 2.54. The molecule has 6 heteroatoms. The van der Waals surface area contributed by atoms with E-state index in [-0.39, 0.29) is 18.8 Å². The van der Waals surface area contributed by atoms with Crippen LogP contribution in [0.5, 0.6) is 11.5 Å². The van der Waals surface area contributed by atoms with Crippen LogP contribution < -0.4 is 9.47 Å². The number of para-hydroxylation sites is 4. The molecule has 0 amide bonds. The number of ether oxygens (including phenoxy) is 2. The molecular weight excluding hydrogens is 318 g/mol. The minimum absolute atomic E-state index is 0.104. The average Bonchev–Trinajstić information content (AvgIpc) is 3.06. The molecule has 126 valence electrons. The van der Waals surface area contributed by atoms with Crippen molar-refractivity contribution >= 4 is 16.8 Å². The van der Waals surface area contributed by atoms with Gasteiger partial charge in [-0.1, -0.05) is 24.3 Å². The van der Waals surface area contributed by atoms with Gasteiger partial charge in [-0.15, -0.1) is 0 Å². The first kappa shape index (κ1) is 16.5. The summed E-state index contributed by atoms with van der Waals surface area (Å²) in [5.41, 5.74) is 1.53. The number of imidazole rings is 1. The topological polar surface area (TPSA) is 88.0 Å². The van der Waals surface area contributed by atoms with Crippen LogP contribution in [0.4, 0.5) is 0 Å². The zero-order valence-electron chi connectivity index (χ0n) is 13.7. The van der Waals surface area contributed by atoms with E-state index in [0.29, 0.717) is 17.3 Å². The van der Waals surface area contributed by atoms with Gasteiger partial charge in [0.2, 0.25) is 0 Å². The third-order valence-electron chi connectivity index (χ3n) is 3.81. The normalized spacial score (nSPS) is 11.7. The number of hydrogen-bond donors (Lipinski definition) is 1. The molecule has 25 heavy (non-hydrogen) atoms. The molecule has 1 N–H and O–H groups in total. The highest BCUT2D eigenvalue weighted by molar-refractivity contribution is 5.88. The molecular formula is C19H17N3O3. The van der Waals surface area contributed by atoms with Crippen LogP contribution in [-0.2, 0) is 4.79 Å². The van der Waals surface area contributed by atoms with Gasteiger partial charge in [-0.2, -0.15) is 5.26 Å². The maximum absolute atomic E-state index is 12.4. The molecule has 1 aromatic heterocycles. The maximum Gasteiger partial charge on any atom is 0.162 e. The van der Waals surface area contributed by atoms with Gasteiger partial charge in [0.05, 0.1) is 30.8 Å². The summed E-state index contributed by atoms with van der Waals surface area (Å²) in [6.45, 7) is 0.164. The van der Waals surface area contributed by atoms with E-state index in [1.54, 1.807) is 19.2 Å². The summed E-state index contributed by atoms with van der Waals surface area (Å²) in [6, 6.07) is 16.7. The Bertz CT molecular complexity index is 894. The van der Waals surface area contributed by atoms with Crippen molar-refractivity contribution in [3.05, 3.63) is 54.4 Å². The van der Waals surface area contributed by atoms with E-state index in [4.69, 9.17) is 9.47 Å². The number of fused-ring (bicyclic) bond motifs is 1. The standard InChI is InChI=1S/C19H17N3O3/c1-24-17-8-4-5-9-18(17)25-11-10-16(23)13(12-20)19-21-14-6-2-3-7-15(14)22-19/h2-9,13H,10-11H2,1H3,(H,21,22)/t13-/m1/s1. The number of ketones is 1. The Morgan fingerprint density at radius 1 is 1.20 bits per heavy atom. The molecule has 0 spiro atoms. The molecule has 2 aromatic carbocycles. The van der Waals surface area contributed by atoms with Crippen molar-refractivity contribution in [2.45, 2.75) is 12.3 Å². The predicted molar refractivity (Wildman–Crippen MR) is 92.6 cm³/mol. The monoisotopic (exact) mass is 335 g/mol. The Labute approximate surface area is 145 Å². The van der Waals surface area contributed by atoms with Crippen molar-refractivity contribution < 1.29 is 14.3 Å². The number of nitrogens with one attached hydrogen (secondary N) is 1. The minimum Gasteiger partial charge on any atom is -0.493 e. The Morgan fingerprint density at radius 2 is 1.92 bits per heavy atom. The van der Waals surface area contributed by atoms with Crippen molar-refractivity contribution in [1.29, 1.82) is 5.26 Å². The van der Waals surface area contributed by atoms with Crippen molar-refractivity contribution in [2.75, 3.05) is 13.7 Å². The van der Waals surface area contributed by atoms with Gasteiger partial charge < -0.3 is 14.5 Å². The van der Waals surface area contributed by atoms with Gasteiger partial charge in [-0.3, -0.25) is 4.79 Å². The van der Waals surface area contributed by atoms with Crippen LogP contribution in [0.25, 0.3) is 11.0 Å². The summed E-state index contributed by atoms with van der Waals surface area (Å²) in [4.78, 5) is 19.8. The van der Waals surface area contributed by atoms with Crippen LogP contribution in [0.2, 0.25) is 0 Å². The first-order valence-electron chi connectivity index (χ1n) is 7.85. The number of nitrogens with zero attached hydrogens (tertiary/aromatic N) is 2. The number of nitriles is 1. The molecule has 1 heterocycles. The van der Waals surface area contributed by atoms with E-state index in [0.717, 1.165) is 11.0 Å². The summed E-state index contributed by atoms with van der Waals surface area (Å²) < 4.78 is 10.8. The van der Waals surface area contributed by atoms with Gasteiger partial charge in [0.1, 0.15) is 5.82 Å². The average molecular weight is 335 g/mol. The van der Waals surface area contributed by atoms with Crippen molar-refractivity contribution in [1.82, 2.24) is 9.97 Å². The van der Waals surface area contributed by atoms with E-state index in [1.165, 1.54) is 0 Å². The Balaban J connectivity index is 1.66. The molecule has 3 rings (SSSR count). The minimum atomic E-state index is -0.936. The molecule has 0 aliphatic heterocycles. The molecule has 0 saturated carbocycles. The number of carbonyl (C=O) groups is 1. The third-order valence-corrected chi connectivity index (χ3v) is 3.81. The Morgan fingerprint density at radius 3 is 2.64 bits per heavy atom. The van der Waals surface area contributed by atoms with Crippen molar-refractivity contribution in [2.24, 2.45) is 0 Å². The molecule has 1 atom stereocenters. The third kappa shape index (κ3) is 3.61. The van der Waals surface area contributed by atoms with E-state index >= 15 is 0 Å². The number of aromatic nitrogens is 2. The fraction of sp³-hybridized carbons (Fsp3) is 0.211. The summed E-state index contributed by atoms with van der Waals surface area (Å²) in [5, 5.41) is 9.38. The molecule has 0 radical (unpaired) electrons. The van der Waals surface area contributed by atoms with Gasteiger partial charge in [0.25, 0.3) is 0 Å². The summed E-state index contributed by atoms with van der Waals surface area (Å²) in [7, 11) is 1.56. The Hall–Kier alpha value is -3.33. The zero-order valence-corrected chi connectivity index (χ0v) is 13.7. The lowest BCUT2D eigenvalue weighted by atomic mass is 10.0. The molecule has 0 saturated heterocycles. The highest BCUT2D eigenvalue weighted by atomic mass is 16.5. The molecule has 3 aromatic rings. The van der Waals surface area contributed by atoms with Crippen LogP contribution in [0, 0.1) is 11.3 Å². The van der Waals surface area contributed by atoms with Gasteiger partial charge >= 0.3 is 0 Å². The molecule has 0 fully saturated rings. The zero-order chi connectivity index (χ0) is 17.6. The Kier molecular flexibility index (Phi) is 4.95. The number of Topliss-reactive ketones (excluding diaryl/α,β-unsaturated/α-hetero) is 1. The molecule has 0 unspecified atom stereocenters. The molecule has 0 aliphatic rings. The summed E-state index contributed by atoms with van der Waals surface area (Å²) >= 11 is 0. The lowest BCUT2D eigenvalue weighted by Gasteiger charge is -2.10. The smallest absolute Gasteiger partial charge is 0.162 e.